The quantitative estimate of drug-likeness (QED) is 0.758. The van der Waals surface area contributed by atoms with E-state index in [0.29, 0.717) is 17.2 Å². The Morgan fingerprint density at radius 3 is 2.50 bits per heavy atom. The number of H-pyrrole nitrogens is 1. The number of nitrogens with zero attached hydrogens (tertiary/aromatic N) is 3. The molecule has 0 saturated heterocycles. The van der Waals surface area contributed by atoms with Crippen molar-refractivity contribution in [3.63, 3.8) is 0 Å². The van der Waals surface area contributed by atoms with E-state index in [1.165, 1.54) is 30.6 Å². The maximum Gasteiger partial charge on any atom is 0.573 e. The van der Waals surface area contributed by atoms with E-state index < -0.39 is 6.36 Å². The van der Waals surface area contributed by atoms with Gasteiger partial charge in [-0.3, -0.25) is 5.10 Å². The molecular weight excluding hydrogens is 323 g/mol. The first-order chi connectivity index (χ1) is 11.4. The second-order valence-corrected chi connectivity index (χ2v) is 4.88. The van der Waals surface area contributed by atoms with Gasteiger partial charge < -0.3 is 10.1 Å². The third kappa shape index (κ3) is 3.62. The fourth-order valence-corrected chi connectivity index (χ4v) is 2.12. The topological polar surface area (TPSA) is 75.7 Å². The molecule has 0 amide bonds. The van der Waals surface area contributed by atoms with Crippen LogP contribution < -0.4 is 10.1 Å². The molecule has 0 bridgehead atoms. The van der Waals surface area contributed by atoms with Crippen LogP contribution in [-0.4, -0.2) is 26.5 Å². The number of anilines is 2. The molecule has 0 fully saturated rings. The van der Waals surface area contributed by atoms with Crippen molar-refractivity contribution in [2.24, 2.45) is 0 Å². The Morgan fingerprint density at radius 1 is 1.12 bits per heavy atom. The molecule has 2 aromatic heterocycles. The highest BCUT2D eigenvalue weighted by atomic mass is 19.4. The molecule has 6 nitrogen and oxygen atoms in total. The monoisotopic (exact) mass is 335 g/mol. The molecule has 3 aromatic rings. The van der Waals surface area contributed by atoms with Crippen molar-refractivity contribution in [2.75, 3.05) is 5.32 Å². The van der Waals surface area contributed by atoms with Crippen molar-refractivity contribution in [3.05, 3.63) is 48.5 Å². The van der Waals surface area contributed by atoms with Gasteiger partial charge in [-0.2, -0.15) is 5.10 Å². The number of hydrogen-bond acceptors (Lipinski definition) is 5. The van der Waals surface area contributed by atoms with E-state index in [0.717, 1.165) is 11.1 Å². The first-order valence-electron chi connectivity index (χ1n) is 6.86. The summed E-state index contributed by atoms with van der Waals surface area (Å²) < 4.78 is 40.3. The van der Waals surface area contributed by atoms with E-state index in [1.54, 1.807) is 12.4 Å². The second-order valence-electron chi connectivity index (χ2n) is 4.88. The van der Waals surface area contributed by atoms with Crippen LogP contribution in [0.3, 0.4) is 0 Å². The minimum atomic E-state index is -4.71. The Hall–Kier alpha value is -3.10. The van der Waals surface area contributed by atoms with Crippen LogP contribution in [0.4, 0.5) is 24.7 Å². The van der Waals surface area contributed by atoms with Gasteiger partial charge in [-0.1, -0.05) is 0 Å². The Bertz CT molecular complexity index is 816. The van der Waals surface area contributed by atoms with Crippen molar-refractivity contribution < 1.29 is 17.9 Å². The Morgan fingerprint density at radius 2 is 1.88 bits per heavy atom. The molecule has 124 valence electrons. The predicted molar refractivity (Wildman–Crippen MR) is 80.8 cm³/mol. The molecule has 0 unspecified atom stereocenters. The van der Waals surface area contributed by atoms with Gasteiger partial charge in [-0.15, -0.1) is 13.2 Å². The lowest BCUT2D eigenvalue weighted by atomic mass is 10.1. The lowest BCUT2D eigenvalue weighted by Gasteiger charge is -2.12. The van der Waals surface area contributed by atoms with E-state index in [1.807, 2.05) is 6.92 Å². The molecule has 3 rings (SSSR count). The number of nitrogens with one attached hydrogen (secondary N) is 2. The highest BCUT2D eigenvalue weighted by Crippen LogP contribution is 2.28. The van der Waals surface area contributed by atoms with Gasteiger partial charge in [-0.25, -0.2) is 9.97 Å². The summed E-state index contributed by atoms with van der Waals surface area (Å²) in [6.07, 6.45) is 0.0429. The summed E-state index contributed by atoms with van der Waals surface area (Å²) in [6.45, 7) is 1.84. The van der Waals surface area contributed by atoms with Crippen LogP contribution >= 0.6 is 0 Å². The van der Waals surface area contributed by atoms with Crippen molar-refractivity contribution in [2.45, 2.75) is 13.3 Å². The van der Waals surface area contributed by atoms with Crippen LogP contribution in [0.5, 0.6) is 5.75 Å². The van der Waals surface area contributed by atoms with Crippen molar-refractivity contribution in [1.29, 1.82) is 0 Å². The van der Waals surface area contributed by atoms with Crippen LogP contribution in [-0.2, 0) is 0 Å². The van der Waals surface area contributed by atoms with E-state index in [2.05, 4.69) is 30.2 Å². The number of aromatic amines is 1. The molecule has 0 spiro atoms. The summed E-state index contributed by atoms with van der Waals surface area (Å²) >= 11 is 0. The summed E-state index contributed by atoms with van der Waals surface area (Å²) in [4.78, 5) is 8.38. The number of alkyl halides is 3. The fraction of sp³-hybridized carbons (Fsp3) is 0.133. The minimum Gasteiger partial charge on any atom is -0.406 e. The molecule has 0 aliphatic rings. The Kier molecular flexibility index (Phi) is 4.07. The van der Waals surface area contributed by atoms with E-state index >= 15 is 0 Å². The molecule has 0 atom stereocenters. The number of hydrogen-bond donors (Lipinski definition) is 2. The molecule has 9 heteroatoms. The highest BCUT2D eigenvalue weighted by Gasteiger charge is 2.30. The summed E-state index contributed by atoms with van der Waals surface area (Å²) in [5.74, 6) is 0.261. The molecule has 2 heterocycles. The van der Waals surface area contributed by atoms with Crippen molar-refractivity contribution >= 4 is 11.5 Å². The van der Waals surface area contributed by atoms with Gasteiger partial charge in [-0.05, 0) is 31.2 Å². The Labute approximate surface area is 134 Å². The average molecular weight is 335 g/mol. The van der Waals surface area contributed by atoms with E-state index in [4.69, 9.17) is 0 Å². The normalized spacial score (nSPS) is 11.3. The lowest BCUT2D eigenvalue weighted by molar-refractivity contribution is -0.274. The van der Waals surface area contributed by atoms with Gasteiger partial charge in [0.25, 0.3) is 0 Å². The smallest absolute Gasteiger partial charge is 0.406 e. The predicted octanol–water partition coefficient (Wildman–Crippen LogP) is 3.82. The first-order valence-corrected chi connectivity index (χ1v) is 6.86. The number of benzene rings is 1. The number of ether oxygens (including phenoxy) is 1. The number of rotatable bonds is 4. The van der Waals surface area contributed by atoms with E-state index in [-0.39, 0.29) is 5.75 Å². The highest BCUT2D eigenvalue weighted by molar-refractivity contribution is 5.69. The zero-order valence-corrected chi connectivity index (χ0v) is 12.4. The molecule has 0 aliphatic carbocycles. The molecule has 24 heavy (non-hydrogen) atoms. The van der Waals surface area contributed by atoms with Crippen LogP contribution in [0.1, 0.15) is 5.56 Å². The zero-order valence-electron chi connectivity index (χ0n) is 12.4. The second kappa shape index (κ2) is 6.19. The SMILES string of the molecule is Cc1c(Nc2ccc(OC(F)(F)F)cc2)ncnc1-c1cn[nH]c1. The molecule has 1 aromatic carbocycles. The van der Waals surface area contributed by atoms with Crippen LogP contribution in [0.25, 0.3) is 11.3 Å². The van der Waals surface area contributed by atoms with Crippen LogP contribution in [0.15, 0.2) is 43.0 Å². The Balaban J connectivity index is 1.80. The average Bonchev–Trinajstić information content (AvgIpc) is 3.04. The van der Waals surface area contributed by atoms with Crippen LogP contribution in [0.2, 0.25) is 0 Å². The molecule has 0 saturated carbocycles. The van der Waals surface area contributed by atoms with Gasteiger partial charge in [0.2, 0.25) is 0 Å². The van der Waals surface area contributed by atoms with Crippen molar-refractivity contribution in [1.82, 2.24) is 20.2 Å². The van der Waals surface area contributed by atoms with Gasteiger partial charge in [0, 0.05) is 23.0 Å². The molecule has 2 N–H and O–H groups in total. The minimum absolute atomic E-state index is 0.286. The standard InChI is InChI=1S/C15H12F3N5O/c1-9-13(10-6-21-22-7-10)19-8-20-14(9)23-11-2-4-12(5-3-11)24-15(16,17)18/h2-8H,1H3,(H,21,22)(H,19,20,23). The summed E-state index contributed by atoms with van der Waals surface area (Å²) in [5, 5.41) is 9.64. The van der Waals surface area contributed by atoms with Crippen LogP contribution in [0, 0.1) is 6.92 Å². The maximum atomic E-state index is 12.2. The first kappa shape index (κ1) is 15.8. The number of halogens is 3. The largest absolute Gasteiger partial charge is 0.573 e. The van der Waals surface area contributed by atoms with Gasteiger partial charge in [0.15, 0.2) is 0 Å². The lowest BCUT2D eigenvalue weighted by Crippen LogP contribution is -2.17. The van der Waals surface area contributed by atoms with Gasteiger partial charge in [0.05, 0.1) is 11.9 Å². The molecular formula is C15H12F3N5O. The third-order valence-corrected chi connectivity index (χ3v) is 3.21. The fourth-order valence-electron chi connectivity index (χ4n) is 2.12. The zero-order chi connectivity index (χ0) is 17.2. The van der Waals surface area contributed by atoms with Gasteiger partial charge >= 0.3 is 6.36 Å². The van der Waals surface area contributed by atoms with Crippen molar-refractivity contribution in [3.8, 4) is 17.0 Å². The van der Waals surface area contributed by atoms with Gasteiger partial charge in [0.1, 0.15) is 17.9 Å². The summed E-state index contributed by atoms with van der Waals surface area (Å²) in [5.41, 5.74) is 2.88. The summed E-state index contributed by atoms with van der Waals surface area (Å²) in [7, 11) is 0. The maximum absolute atomic E-state index is 12.2. The van der Waals surface area contributed by atoms with E-state index in [9.17, 15) is 13.2 Å². The number of aromatic nitrogens is 4. The molecule has 0 aliphatic heterocycles. The molecule has 0 radical (unpaired) electrons. The third-order valence-electron chi connectivity index (χ3n) is 3.21. The summed E-state index contributed by atoms with van der Waals surface area (Å²) in [6, 6.07) is 5.40.